The normalized spacial score (nSPS) is 16.0. The van der Waals surface area contributed by atoms with Crippen LogP contribution in [0.15, 0.2) is 18.2 Å². The summed E-state index contributed by atoms with van der Waals surface area (Å²) in [6.07, 6.45) is 3.11. The van der Waals surface area contributed by atoms with Crippen molar-refractivity contribution in [3.8, 4) is 11.5 Å². The number of ether oxygens (including phenoxy) is 2. The average Bonchev–Trinajstić information content (AvgIpc) is 2.72. The molecule has 0 unspecified atom stereocenters. The van der Waals surface area contributed by atoms with Gasteiger partial charge in [0.15, 0.2) is 0 Å². The fourth-order valence-electron chi connectivity index (χ4n) is 3.71. The van der Waals surface area contributed by atoms with Gasteiger partial charge < -0.3 is 19.7 Å². The van der Waals surface area contributed by atoms with Crippen LogP contribution in [0, 0.1) is 11.3 Å². The number of hydrogen-bond acceptors (Lipinski definition) is 4. The van der Waals surface area contributed by atoms with Gasteiger partial charge in [0.25, 0.3) is 0 Å². The van der Waals surface area contributed by atoms with E-state index in [1.165, 1.54) is 0 Å². The first-order chi connectivity index (χ1) is 13.4. The van der Waals surface area contributed by atoms with E-state index in [0.29, 0.717) is 44.0 Å². The van der Waals surface area contributed by atoms with Gasteiger partial charge in [-0.05, 0) is 43.4 Å². The summed E-state index contributed by atoms with van der Waals surface area (Å²) in [4.78, 5) is 27.4. The quantitative estimate of drug-likeness (QED) is 0.739. The standard InChI is InChI=1S/C22H34N2O4/c1-6-17(7-2)20(25)24-10-8-22(3,9-11-24)21(26)23-15-16-12-18(27-4)14-19(13-16)28-5/h12-14,17H,6-11,15H2,1-5H3,(H,23,26). The molecule has 0 spiro atoms. The number of amides is 2. The van der Waals surface area contributed by atoms with E-state index in [0.717, 1.165) is 18.4 Å². The summed E-state index contributed by atoms with van der Waals surface area (Å²) < 4.78 is 10.6. The maximum atomic E-state index is 12.8. The van der Waals surface area contributed by atoms with Crippen LogP contribution >= 0.6 is 0 Å². The molecule has 6 heteroatoms. The average molecular weight is 391 g/mol. The summed E-state index contributed by atoms with van der Waals surface area (Å²) in [5.74, 6) is 1.76. The van der Waals surface area contributed by atoms with Gasteiger partial charge >= 0.3 is 0 Å². The number of piperidine rings is 1. The van der Waals surface area contributed by atoms with Crippen LogP contribution in [0.4, 0.5) is 0 Å². The molecule has 1 fully saturated rings. The zero-order valence-corrected chi connectivity index (χ0v) is 17.8. The highest BCUT2D eigenvalue weighted by molar-refractivity contribution is 5.83. The summed E-state index contributed by atoms with van der Waals surface area (Å²) in [6.45, 7) is 7.81. The first-order valence-electron chi connectivity index (χ1n) is 10.2. The molecular weight excluding hydrogens is 356 g/mol. The molecule has 0 saturated carbocycles. The maximum Gasteiger partial charge on any atom is 0.226 e. The Morgan fingerprint density at radius 1 is 1.07 bits per heavy atom. The number of hydrogen-bond donors (Lipinski definition) is 1. The first-order valence-corrected chi connectivity index (χ1v) is 10.2. The third kappa shape index (κ3) is 5.18. The molecule has 156 valence electrons. The van der Waals surface area contributed by atoms with Gasteiger partial charge in [-0.3, -0.25) is 9.59 Å². The minimum absolute atomic E-state index is 0.0314. The lowest BCUT2D eigenvalue weighted by atomic mass is 9.79. The number of carbonyl (C=O) groups is 2. The van der Waals surface area contributed by atoms with Crippen LogP contribution in [0.25, 0.3) is 0 Å². The number of likely N-dealkylation sites (tertiary alicyclic amines) is 1. The molecule has 0 aliphatic carbocycles. The molecule has 1 heterocycles. The van der Waals surface area contributed by atoms with Crippen LogP contribution in [0.3, 0.4) is 0 Å². The second-order valence-electron chi connectivity index (χ2n) is 7.80. The zero-order valence-electron chi connectivity index (χ0n) is 17.8. The summed E-state index contributed by atoms with van der Waals surface area (Å²) >= 11 is 0. The Hall–Kier alpha value is -2.24. The van der Waals surface area contributed by atoms with Crippen molar-refractivity contribution in [3.05, 3.63) is 23.8 Å². The fraction of sp³-hybridized carbons (Fsp3) is 0.636. The van der Waals surface area contributed by atoms with Crippen molar-refractivity contribution in [2.24, 2.45) is 11.3 Å². The van der Waals surface area contributed by atoms with E-state index < -0.39 is 5.41 Å². The van der Waals surface area contributed by atoms with Gasteiger partial charge in [-0.2, -0.15) is 0 Å². The molecule has 1 N–H and O–H groups in total. The van der Waals surface area contributed by atoms with Crippen LogP contribution in [-0.2, 0) is 16.1 Å². The highest BCUT2D eigenvalue weighted by Gasteiger charge is 2.38. The summed E-state index contributed by atoms with van der Waals surface area (Å²) in [7, 11) is 3.21. The molecular formula is C22H34N2O4. The minimum Gasteiger partial charge on any atom is -0.497 e. The molecule has 0 radical (unpaired) electrons. The summed E-state index contributed by atoms with van der Waals surface area (Å²) in [6, 6.07) is 5.59. The van der Waals surface area contributed by atoms with Crippen LogP contribution in [-0.4, -0.2) is 44.0 Å². The van der Waals surface area contributed by atoms with E-state index >= 15 is 0 Å². The molecule has 1 aliphatic rings. The van der Waals surface area contributed by atoms with Gasteiger partial charge in [-0.15, -0.1) is 0 Å². The smallest absolute Gasteiger partial charge is 0.226 e. The topological polar surface area (TPSA) is 67.9 Å². The first kappa shape index (κ1) is 22.1. The Balaban J connectivity index is 1.94. The van der Waals surface area contributed by atoms with Crippen molar-refractivity contribution in [2.75, 3.05) is 27.3 Å². The number of nitrogens with zero attached hydrogens (tertiary/aromatic N) is 1. The maximum absolute atomic E-state index is 12.8. The van der Waals surface area contributed by atoms with Gasteiger partial charge in [0, 0.05) is 37.0 Å². The van der Waals surface area contributed by atoms with Crippen LogP contribution in [0.2, 0.25) is 0 Å². The lowest BCUT2D eigenvalue weighted by molar-refractivity contribution is -0.142. The predicted octanol–water partition coefficient (Wildman–Crippen LogP) is 3.38. The van der Waals surface area contributed by atoms with Crippen molar-refractivity contribution in [1.29, 1.82) is 0 Å². The number of benzene rings is 1. The SMILES string of the molecule is CCC(CC)C(=O)N1CCC(C)(C(=O)NCc2cc(OC)cc(OC)c2)CC1. The Labute approximate surface area is 168 Å². The monoisotopic (exact) mass is 390 g/mol. The highest BCUT2D eigenvalue weighted by Crippen LogP contribution is 2.32. The molecule has 0 bridgehead atoms. The molecule has 1 saturated heterocycles. The third-order valence-electron chi connectivity index (χ3n) is 5.93. The molecule has 2 amide bonds. The Morgan fingerprint density at radius 3 is 2.07 bits per heavy atom. The van der Waals surface area contributed by atoms with Gasteiger partial charge in [-0.1, -0.05) is 20.8 Å². The molecule has 0 atom stereocenters. The lowest BCUT2D eigenvalue weighted by Crippen LogP contribution is -2.49. The van der Waals surface area contributed by atoms with Crippen LogP contribution < -0.4 is 14.8 Å². The highest BCUT2D eigenvalue weighted by atomic mass is 16.5. The predicted molar refractivity (Wildman–Crippen MR) is 109 cm³/mol. The Kier molecular flexibility index (Phi) is 7.72. The van der Waals surface area contributed by atoms with Crippen molar-refractivity contribution in [2.45, 2.75) is 53.0 Å². The summed E-state index contributed by atoms with van der Waals surface area (Å²) in [5.41, 5.74) is 0.475. The van der Waals surface area contributed by atoms with Crippen molar-refractivity contribution < 1.29 is 19.1 Å². The van der Waals surface area contributed by atoms with Gasteiger partial charge in [-0.25, -0.2) is 0 Å². The Bertz CT molecular complexity index is 655. The van der Waals surface area contributed by atoms with E-state index in [1.54, 1.807) is 20.3 Å². The van der Waals surface area contributed by atoms with Crippen molar-refractivity contribution in [1.82, 2.24) is 10.2 Å². The summed E-state index contributed by atoms with van der Waals surface area (Å²) in [5, 5.41) is 3.05. The van der Waals surface area contributed by atoms with Crippen LogP contribution in [0.5, 0.6) is 11.5 Å². The molecule has 1 aliphatic heterocycles. The van der Waals surface area contributed by atoms with E-state index in [4.69, 9.17) is 9.47 Å². The Morgan fingerprint density at radius 2 is 1.61 bits per heavy atom. The largest absolute Gasteiger partial charge is 0.497 e. The molecule has 1 aromatic rings. The van der Waals surface area contributed by atoms with Crippen molar-refractivity contribution >= 4 is 11.8 Å². The molecule has 0 aromatic heterocycles. The molecule has 28 heavy (non-hydrogen) atoms. The number of carbonyl (C=O) groups excluding carboxylic acids is 2. The van der Waals surface area contributed by atoms with Crippen LogP contribution in [0.1, 0.15) is 52.0 Å². The minimum atomic E-state index is -0.451. The second kappa shape index (κ2) is 9.80. The lowest BCUT2D eigenvalue weighted by Gasteiger charge is -2.39. The molecule has 1 aromatic carbocycles. The van der Waals surface area contributed by atoms with Gasteiger partial charge in [0.2, 0.25) is 11.8 Å². The van der Waals surface area contributed by atoms with Gasteiger partial charge in [0.05, 0.1) is 14.2 Å². The number of nitrogens with one attached hydrogen (secondary N) is 1. The molecule has 2 rings (SSSR count). The third-order valence-corrected chi connectivity index (χ3v) is 5.93. The van der Waals surface area contributed by atoms with E-state index in [1.807, 2.05) is 24.0 Å². The second-order valence-corrected chi connectivity index (χ2v) is 7.80. The zero-order chi connectivity index (χ0) is 20.7. The molecule has 6 nitrogen and oxygen atoms in total. The number of methoxy groups -OCH3 is 2. The van der Waals surface area contributed by atoms with E-state index in [-0.39, 0.29) is 17.7 Å². The van der Waals surface area contributed by atoms with Gasteiger partial charge in [0.1, 0.15) is 11.5 Å². The van der Waals surface area contributed by atoms with Crippen molar-refractivity contribution in [3.63, 3.8) is 0 Å². The fourth-order valence-corrected chi connectivity index (χ4v) is 3.71. The van der Waals surface area contributed by atoms with E-state index in [9.17, 15) is 9.59 Å². The number of rotatable bonds is 8. The van der Waals surface area contributed by atoms with E-state index in [2.05, 4.69) is 19.2 Å².